The van der Waals surface area contributed by atoms with E-state index in [1.54, 1.807) is 0 Å². The molecule has 0 radical (unpaired) electrons. The summed E-state index contributed by atoms with van der Waals surface area (Å²) in [5.41, 5.74) is 8.79. The van der Waals surface area contributed by atoms with Crippen LogP contribution in [0.5, 0.6) is 0 Å². The number of nitrogens with zero attached hydrogens (tertiary/aromatic N) is 2. The Bertz CT molecular complexity index is 585. The van der Waals surface area contributed by atoms with Crippen molar-refractivity contribution < 1.29 is 4.79 Å². The predicted octanol–water partition coefficient (Wildman–Crippen LogP) is 2.47. The van der Waals surface area contributed by atoms with Gasteiger partial charge in [0, 0.05) is 37.6 Å². The molecule has 4 nitrogen and oxygen atoms in total. The number of nitrogen functional groups attached to an aromatic ring is 1. The summed E-state index contributed by atoms with van der Waals surface area (Å²) in [4.78, 5) is 16.5. The first-order chi connectivity index (χ1) is 9.78. The summed E-state index contributed by atoms with van der Waals surface area (Å²) >= 11 is 1.50. The van der Waals surface area contributed by atoms with E-state index in [0.29, 0.717) is 0 Å². The Morgan fingerprint density at radius 3 is 2.30 bits per heavy atom. The van der Waals surface area contributed by atoms with E-state index in [9.17, 15) is 4.79 Å². The molecule has 0 unspecified atom stereocenters. The van der Waals surface area contributed by atoms with Gasteiger partial charge in [-0.25, -0.2) is 0 Å². The Labute approximate surface area is 122 Å². The third-order valence-electron chi connectivity index (χ3n) is 3.66. The summed E-state index contributed by atoms with van der Waals surface area (Å²) in [6, 6.07) is 10.0. The summed E-state index contributed by atoms with van der Waals surface area (Å²) in [6.45, 7) is 3.78. The minimum absolute atomic E-state index is 0.793. The van der Waals surface area contributed by atoms with Gasteiger partial charge in [-0.2, -0.15) is 0 Å². The summed E-state index contributed by atoms with van der Waals surface area (Å²) < 4.78 is 0. The lowest BCUT2D eigenvalue weighted by Gasteiger charge is -2.37. The number of anilines is 3. The van der Waals surface area contributed by atoms with E-state index in [-0.39, 0.29) is 0 Å². The lowest BCUT2D eigenvalue weighted by Crippen LogP contribution is -2.46. The molecule has 1 fully saturated rings. The maximum absolute atomic E-state index is 11.0. The van der Waals surface area contributed by atoms with Crippen LogP contribution in [0.3, 0.4) is 0 Å². The fraction of sp³-hybridized carbons (Fsp3) is 0.267. The van der Waals surface area contributed by atoms with Crippen molar-refractivity contribution in [2.75, 3.05) is 41.7 Å². The molecule has 1 aromatic carbocycles. The average Bonchev–Trinajstić information content (AvgIpc) is 2.97. The normalized spacial score (nSPS) is 15.4. The first-order valence-corrected chi connectivity index (χ1v) is 7.54. The highest BCUT2D eigenvalue weighted by molar-refractivity contribution is 7.12. The lowest BCUT2D eigenvalue weighted by atomic mass is 10.2. The first kappa shape index (κ1) is 13.0. The highest BCUT2D eigenvalue weighted by Gasteiger charge is 2.19. The van der Waals surface area contributed by atoms with E-state index < -0.39 is 0 Å². The van der Waals surface area contributed by atoms with Crippen LogP contribution in [0.25, 0.3) is 0 Å². The Morgan fingerprint density at radius 1 is 1.00 bits per heavy atom. The van der Waals surface area contributed by atoms with Crippen LogP contribution in [0, 0.1) is 0 Å². The maximum atomic E-state index is 11.0. The first-order valence-electron chi connectivity index (χ1n) is 6.66. The fourth-order valence-corrected chi connectivity index (χ4v) is 3.27. The zero-order valence-electron chi connectivity index (χ0n) is 11.2. The number of nitrogens with two attached hydrogens (primary N) is 1. The molecule has 1 aliphatic rings. The number of carbonyl (C=O) groups is 1. The summed E-state index contributed by atoms with van der Waals surface area (Å²) in [5.74, 6) is 0. The van der Waals surface area contributed by atoms with E-state index in [4.69, 9.17) is 5.73 Å². The van der Waals surface area contributed by atoms with Gasteiger partial charge in [-0.1, -0.05) is 0 Å². The van der Waals surface area contributed by atoms with E-state index >= 15 is 0 Å². The van der Waals surface area contributed by atoms with Crippen LogP contribution in [0.2, 0.25) is 0 Å². The quantitative estimate of drug-likeness (QED) is 0.696. The van der Waals surface area contributed by atoms with Gasteiger partial charge in [-0.3, -0.25) is 4.79 Å². The molecule has 3 rings (SSSR count). The molecular formula is C15H17N3OS. The summed E-state index contributed by atoms with van der Waals surface area (Å²) in [5, 5.41) is 1.98. The highest BCUT2D eigenvalue weighted by Crippen LogP contribution is 2.27. The third-order valence-corrected chi connectivity index (χ3v) is 4.49. The second-order valence-electron chi connectivity index (χ2n) is 4.85. The molecule has 0 atom stereocenters. The van der Waals surface area contributed by atoms with Gasteiger partial charge in [0.2, 0.25) is 0 Å². The molecule has 104 valence electrons. The van der Waals surface area contributed by atoms with Crippen molar-refractivity contribution in [3.8, 4) is 0 Å². The van der Waals surface area contributed by atoms with Crippen LogP contribution in [0.4, 0.5) is 17.1 Å². The van der Waals surface area contributed by atoms with Gasteiger partial charge in [0.25, 0.3) is 0 Å². The number of carbonyl (C=O) groups excluding carboxylic acids is 1. The number of benzene rings is 1. The molecular weight excluding hydrogens is 270 g/mol. The zero-order valence-corrected chi connectivity index (χ0v) is 12.0. The largest absolute Gasteiger partial charge is 0.399 e. The van der Waals surface area contributed by atoms with Crippen LogP contribution in [0.1, 0.15) is 9.67 Å². The molecule has 0 bridgehead atoms. The molecule has 0 aliphatic carbocycles. The minimum Gasteiger partial charge on any atom is -0.399 e. The second kappa shape index (κ2) is 5.54. The van der Waals surface area contributed by atoms with Crippen LogP contribution >= 0.6 is 11.3 Å². The van der Waals surface area contributed by atoms with Crippen LogP contribution in [-0.2, 0) is 0 Å². The highest BCUT2D eigenvalue weighted by atomic mass is 32.1. The molecule has 1 aromatic heterocycles. The minimum atomic E-state index is 0.793. The Morgan fingerprint density at radius 2 is 1.65 bits per heavy atom. The predicted molar refractivity (Wildman–Crippen MR) is 85.0 cm³/mol. The van der Waals surface area contributed by atoms with Gasteiger partial charge in [0.15, 0.2) is 6.29 Å². The number of piperazine rings is 1. The third kappa shape index (κ3) is 2.49. The maximum Gasteiger partial charge on any atom is 0.162 e. The standard InChI is InChI=1S/C15H17N3OS/c16-12-1-3-13(4-2-12)17-6-8-18(9-7-17)14-5-10-20-15(14)11-19/h1-5,10-11H,6-9,16H2. The molecule has 2 N–H and O–H groups in total. The number of hydrogen-bond acceptors (Lipinski definition) is 5. The van der Waals surface area contributed by atoms with Crippen molar-refractivity contribution >= 4 is 34.7 Å². The number of rotatable bonds is 3. The molecule has 0 amide bonds. The molecule has 1 aliphatic heterocycles. The Kier molecular flexibility index (Phi) is 3.60. The molecule has 1 saturated heterocycles. The molecule has 0 spiro atoms. The molecule has 2 aromatic rings. The smallest absolute Gasteiger partial charge is 0.162 e. The Hall–Kier alpha value is -2.01. The topological polar surface area (TPSA) is 49.6 Å². The summed E-state index contributed by atoms with van der Waals surface area (Å²) in [7, 11) is 0. The van der Waals surface area contributed by atoms with E-state index in [1.807, 2.05) is 23.6 Å². The van der Waals surface area contributed by atoms with Gasteiger partial charge in [0.1, 0.15) is 0 Å². The molecule has 0 saturated carbocycles. The lowest BCUT2D eigenvalue weighted by molar-refractivity contribution is 0.112. The van der Waals surface area contributed by atoms with Crippen LogP contribution in [0.15, 0.2) is 35.7 Å². The number of hydrogen-bond donors (Lipinski definition) is 1. The monoisotopic (exact) mass is 287 g/mol. The van der Waals surface area contributed by atoms with Crippen molar-refractivity contribution in [1.82, 2.24) is 0 Å². The van der Waals surface area contributed by atoms with Crippen molar-refractivity contribution in [3.05, 3.63) is 40.6 Å². The molecule has 2 heterocycles. The van der Waals surface area contributed by atoms with E-state index in [2.05, 4.69) is 21.9 Å². The van der Waals surface area contributed by atoms with Gasteiger partial charge < -0.3 is 15.5 Å². The van der Waals surface area contributed by atoms with Crippen molar-refractivity contribution in [2.45, 2.75) is 0 Å². The van der Waals surface area contributed by atoms with E-state index in [1.165, 1.54) is 17.0 Å². The molecule has 5 heteroatoms. The fourth-order valence-electron chi connectivity index (χ4n) is 2.55. The van der Waals surface area contributed by atoms with Gasteiger partial charge >= 0.3 is 0 Å². The number of thiophene rings is 1. The molecule has 20 heavy (non-hydrogen) atoms. The van der Waals surface area contributed by atoms with Gasteiger partial charge in [0.05, 0.1) is 10.6 Å². The van der Waals surface area contributed by atoms with Crippen LogP contribution < -0.4 is 15.5 Å². The zero-order chi connectivity index (χ0) is 13.9. The van der Waals surface area contributed by atoms with Crippen molar-refractivity contribution in [2.24, 2.45) is 0 Å². The van der Waals surface area contributed by atoms with E-state index in [0.717, 1.165) is 48.7 Å². The SMILES string of the molecule is Nc1ccc(N2CCN(c3ccsc3C=O)CC2)cc1. The van der Waals surface area contributed by atoms with Crippen molar-refractivity contribution in [1.29, 1.82) is 0 Å². The van der Waals surface area contributed by atoms with Crippen LogP contribution in [-0.4, -0.2) is 32.5 Å². The van der Waals surface area contributed by atoms with Gasteiger partial charge in [-0.15, -0.1) is 11.3 Å². The number of aldehydes is 1. The summed E-state index contributed by atoms with van der Waals surface area (Å²) in [6.07, 6.45) is 0.951. The van der Waals surface area contributed by atoms with Gasteiger partial charge in [-0.05, 0) is 35.7 Å². The Balaban J connectivity index is 1.67. The second-order valence-corrected chi connectivity index (χ2v) is 5.80. The average molecular weight is 287 g/mol. The van der Waals surface area contributed by atoms with Crippen molar-refractivity contribution in [3.63, 3.8) is 0 Å².